The van der Waals surface area contributed by atoms with Gasteiger partial charge < -0.3 is 5.32 Å². The second-order valence-corrected chi connectivity index (χ2v) is 5.91. The predicted octanol–water partition coefficient (Wildman–Crippen LogP) is 1.83. The van der Waals surface area contributed by atoms with Crippen LogP contribution in [0.3, 0.4) is 0 Å². The average molecular weight is 221 g/mol. The van der Waals surface area contributed by atoms with Crippen molar-refractivity contribution in [1.29, 1.82) is 0 Å². The predicted molar refractivity (Wildman–Crippen MR) is 61.8 cm³/mol. The normalized spacial score (nSPS) is 29.6. The van der Waals surface area contributed by atoms with Crippen molar-refractivity contribution >= 4 is 11.6 Å². The van der Waals surface area contributed by atoms with Gasteiger partial charge in [-0.25, -0.2) is 0 Å². The van der Waals surface area contributed by atoms with E-state index in [0.717, 1.165) is 18.7 Å². The molecule has 1 unspecified atom stereocenters. The molecule has 0 radical (unpaired) electrons. The number of hydrogen-bond donors (Lipinski definition) is 1. The lowest BCUT2D eigenvalue weighted by molar-refractivity contribution is -0.127. The van der Waals surface area contributed by atoms with Crippen LogP contribution in [-0.4, -0.2) is 18.1 Å². The fourth-order valence-electron chi connectivity index (χ4n) is 2.58. The van der Waals surface area contributed by atoms with E-state index in [1.165, 1.54) is 0 Å². The minimum atomic E-state index is -0.164. The topological polar surface area (TPSA) is 46.2 Å². The van der Waals surface area contributed by atoms with Gasteiger partial charge in [0.1, 0.15) is 0 Å². The maximum atomic E-state index is 12.0. The number of allylic oxidation sites excluding steroid dienone is 2. The smallest absolute Gasteiger partial charge is 0.168 e. The van der Waals surface area contributed by atoms with E-state index >= 15 is 0 Å². The van der Waals surface area contributed by atoms with Crippen molar-refractivity contribution in [3.63, 3.8) is 0 Å². The van der Waals surface area contributed by atoms with E-state index in [-0.39, 0.29) is 17.0 Å². The van der Waals surface area contributed by atoms with E-state index < -0.39 is 0 Å². The molecule has 0 amide bonds. The number of Topliss-reactive ketones (excluding diaryl/α,β-unsaturated/α-hetero) is 2. The van der Waals surface area contributed by atoms with Gasteiger partial charge in [0.2, 0.25) is 0 Å². The monoisotopic (exact) mass is 221 g/mol. The van der Waals surface area contributed by atoms with Gasteiger partial charge in [-0.05, 0) is 17.8 Å². The van der Waals surface area contributed by atoms with Crippen LogP contribution < -0.4 is 5.32 Å². The lowest BCUT2D eigenvalue weighted by atomic mass is 9.73. The third-order valence-corrected chi connectivity index (χ3v) is 3.35. The molecule has 1 saturated carbocycles. The first-order valence-corrected chi connectivity index (χ1v) is 5.92. The Labute approximate surface area is 96.3 Å². The molecule has 1 heterocycles. The number of rotatable bonds is 0. The van der Waals surface area contributed by atoms with Gasteiger partial charge in [-0.3, -0.25) is 9.59 Å². The quantitative estimate of drug-likeness (QED) is 0.501. The molecule has 0 aromatic carbocycles. The maximum absolute atomic E-state index is 12.0. The van der Waals surface area contributed by atoms with Crippen LogP contribution in [0.2, 0.25) is 0 Å². The number of carbonyl (C=O) groups excluding carboxylic acids is 2. The van der Waals surface area contributed by atoms with Crippen LogP contribution in [0.15, 0.2) is 11.3 Å². The summed E-state index contributed by atoms with van der Waals surface area (Å²) in [6, 6.07) is 0. The van der Waals surface area contributed by atoms with Gasteiger partial charge in [0, 0.05) is 25.1 Å². The summed E-state index contributed by atoms with van der Waals surface area (Å²) in [6.45, 7) is 6.97. The Morgan fingerprint density at radius 1 is 1.19 bits per heavy atom. The third-order valence-electron chi connectivity index (χ3n) is 3.35. The van der Waals surface area contributed by atoms with E-state index in [0.29, 0.717) is 24.3 Å². The Hall–Kier alpha value is -1.12. The molecule has 1 aliphatic carbocycles. The zero-order valence-electron chi connectivity index (χ0n) is 10.2. The Kier molecular flexibility index (Phi) is 2.64. The summed E-state index contributed by atoms with van der Waals surface area (Å²) in [4.78, 5) is 24.0. The minimum Gasteiger partial charge on any atom is -0.387 e. The Morgan fingerprint density at radius 3 is 2.19 bits per heavy atom. The maximum Gasteiger partial charge on any atom is 0.168 e. The van der Waals surface area contributed by atoms with Gasteiger partial charge in [-0.15, -0.1) is 0 Å². The van der Waals surface area contributed by atoms with Gasteiger partial charge in [0.15, 0.2) is 11.6 Å². The van der Waals surface area contributed by atoms with Crippen LogP contribution in [-0.2, 0) is 9.59 Å². The lowest BCUT2D eigenvalue weighted by Crippen LogP contribution is -2.33. The Morgan fingerprint density at radius 2 is 1.75 bits per heavy atom. The first-order chi connectivity index (χ1) is 7.39. The zero-order valence-corrected chi connectivity index (χ0v) is 10.2. The van der Waals surface area contributed by atoms with Crippen LogP contribution >= 0.6 is 0 Å². The molecule has 0 spiro atoms. The van der Waals surface area contributed by atoms with Crippen molar-refractivity contribution in [3.8, 4) is 0 Å². The fourth-order valence-corrected chi connectivity index (χ4v) is 2.58. The number of nitrogens with one attached hydrogen (secondary N) is 1. The molecule has 0 bridgehead atoms. The van der Waals surface area contributed by atoms with Gasteiger partial charge in [-0.1, -0.05) is 20.8 Å². The number of carbonyl (C=O) groups is 2. The molecule has 2 rings (SSSR count). The van der Waals surface area contributed by atoms with Gasteiger partial charge in [0.25, 0.3) is 0 Å². The van der Waals surface area contributed by atoms with Crippen LogP contribution in [0.1, 0.15) is 40.0 Å². The van der Waals surface area contributed by atoms with Crippen molar-refractivity contribution in [2.24, 2.45) is 11.3 Å². The molecule has 88 valence electrons. The number of hydrogen-bond acceptors (Lipinski definition) is 3. The minimum absolute atomic E-state index is 0.0258. The van der Waals surface area contributed by atoms with E-state index in [1.807, 2.05) is 13.8 Å². The molecule has 1 saturated heterocycles. The van der Waals surface area contributed by atoms with Crippen molar-refractivity contribution in [2.45, 2.75) is 40.0 Å². The highest BCUT2D eigenvalue weighted by Crippen LogP contribution is 2.35. The van der Waals surface area contributed by atoms with E-state index in [4.69, 9.17) is 0 Å². The molecule has 3 nitrogen and oxygen atoms in total. The molecule has 3 heteroatoms. The first-order valence-electron chi connectivity index (χ1n) is 5.92. The summed E-state index contributed by atoms with van der Waals surface area (Å²) in [6.07, 6.45) is 1.83. The molecule has 2 aliphatic rings. The molecule has 16 heavy (non-hydrogen) atoms. The van der Waals surface area contributed by atoms with E-state index in [9.17, 15) is 9.59 Å². The number of ketones is 2. The Balaban J connectivity index is 2.30. The SMILES string of the molecule is CC1CNC(=C2C(=O)CC(C)(C)CC2=O)C1. The molecular formula is C13H19NO2. The van der Waals surface area contributed by atoms with Crippen LogP contribution in [0.25, 0.3) is 0 Å². The first kappa shape index (κ1) is 11.4. The summed E-state index contributed by atoms with van der Waals surface area (Å²) >= 11 is 0. The molecule has 1 N–H and O–H groups in total. The van der Waals surface area contributed by atoms with Crippen molar-refractivity contribution in [3.05, 3.63) is 11.3 Å². The van der Waals surface area contributed by atoms with Gasteiger partial charge in [0.05, 0.1) is 5.57 Å². The zero-order chi connectivity index (χ0) is 11.9. The van der Waals surface area contributed by atoms with E-state index in [1.54, 1.807) is 0 Å². The third kappa shape index (κ3) is 2.04. The fraction of sp³-hybridized carbons (Fsp3) is 0.692. The lowest BCUT2D eigenvalue weighted by Gasteiger charge is -2.29. The molecule has 0 aromatic rings. The van der Waals surface area contributed by atoms with Crippen LogP contribution in [0, 0.1) is 11.3 Å². The molecule has 1 atom stereocenters. The standard InChI is InChI=1S/C13H19NO2/c1-8-4-9(14-7-8)12-10(15)5-13(2,3)6-11(12)16/h8,14H,4-7H2,1-3H3. The summed E-state index contributed by atoms with van der Waals surface area (Å²) in [7, 11) is 0. The molecular weight excluding hydrogens is 202 g/mol. The highest BCUT2D eigenvalue weighted by molar-refractivity contribution is 6.22. The van der Waals surface area contributed by atoms with Crippen molar-refractivity contribution < 1.29 is 9.59 Å². The average Bonchev–Trinajstić information content (AvgIpc) is 2.47. The van der Waals surface area contributed by atoms with E-state index in [2.05, 4.69) is 12.2 Å². The molecule has 2 fully saturated rings. The molecule has 0 aromatic heterocycles. The Bertz CT molecular complexity index is 357. The second kappa shape index (κ2) is 3.72. The molecule has 1 aliphatic heterocycles. The van der Waals surface area contributed by atoms with Gasteiger partial charge in [-0.2, -0.15) is 0 Å². The van der Waals surface area contributed by atoms with Crippen LogP contribution in [0.4, 0.5) is 0 Å². The second-order valence-electron chi connectivity index (χ2n) is 5.91. The van der Waals surface area contributed by atoms with Crippen LogP contribution in [0.5, 0.6) is 0 Å². The highest BCUT2D eigenvalue weighted by Gasteiger charge is 2.38. The highest BCUT2D eigenvalue weighted by atomic mass is 16.2. The van der Waals surface area contributed by atoms with Crippen molar-refractivity contribution in [2.75, 3.05) is 6.54 Å². The van der Waals surface area contributed by atoms with Gasteiger partial charge >= 0.3 is 0 Å². The summed E-state index contributed by atoms with van der Waals surface area (Å²) in [5.41, 5.74) is 1.18. The summed E-state index contributed by atoms with van der Waals surface area (Å²) in [5, 5.41) is 3.20. The summed E-state index contributed by atoms with van der Waals surface area (Å²) in [5.74, 6) is 0.578. The summed E-state index contributed by atoms with van der Waals surface area (Å²) < 4.78 is 0. The van der Waals surface area contributed by atoms with Crippen molar-refractivity contribution in [1.82, 2.24) is 5.32 Å². The largest absolute Gasteiger partial charge is 0.387 e.